The lowest BCUT2D eigenvalue weighted by atomic mass is 10.0. The molecule has 6 heteroatoms. The number of morpholine rings is 1. The van der Waals surface area contributed by atoms with E-state index in [9.17, 15) is 4.79 Å². The zero-order chi connectivity index (χ0) is 18.5. The highest BCUT2D eigenvalue weighted by Crippen LogP contribution is 2.21. The first-order valence-electron chi connectivity index (χ1n) is 10.2. The van der Waals surface area contributed by atoms with Crippen molar-refractivity contribution in [3.05, 3.63) is 29.8 Å². The zero-order valence-corrected chi connectivity index (χ0v) is 16.0. The minimum absolute atomic E-state index is 0.126. The van der Waals surface area contributed by atoms with Crippen LogP contribution in [0.2, 0.25) is 0 Å². The highest BCUT2D eigenvalue weighted by atomic mass is 16.5. The van der Waals surface area contributed by atoms with Crippen LogP contribution in [-0.2, 0) is 9.47 Å². The standard InChI is InChI=1S/C21H30N2O4/c24-21(23-9-7-18(8-10-23)22-11-14-25-15-12-22)17-3-5-19(6-4-17)27-16-20-2-1-13-26-20/h3-6,18,20H,1-2,7-16H2. The van der Waals surface area contributed by atoms with Gasteiger partial charge in [0.15, 0.2) is 0 Å². The lowest BCUT2D eigenvalue weighted by molar-refractivity contribution is 0.00159. The number of hydrogen-bond acceptors (Lipinski definition) is 5. The molecule has 0 aliphatic carbocycles. The molecular weight excluding hydrogens is 344 g/mol. The van der Waals surface area contributed by atoms with Crippen LogP contribution in [-0.4, -0.2) is 80.5 Å². The van der Waals surface area contributed by atoms with Crippen molar-refractivity contribution >= 4 is 5.91 Å². The molecule has 1 aromatic rings. The fourth-order valence-corrected chi connectivity index (χ4v) is 4.22. The normalized spacial score (nSPS) is 24.9. The highest BCUT2D eigenvalue weighted by molar-refractivity contribution is 5.94. The zero-order valence-electron chi connectivity index (χ0n) is 16.0. The van der Waals surface area contributed by atoms with Crippen LogP contribution in [0.25, 0.3) is 0 Å². The van der Waals surface area contributed by atoms with Gasteiger partial charge >= 0.3 is 0 Å². The van der Waals surface area contributed by atoms with E-state index in [4.69, 9.17) is 14.2 Å². The SMILES string of the molecule is O=C(c1ccc(OCC2CCCO2)cc1)N1CCC(N2CCOCC2)CC1. The smallest absolute Gasteiger partial charge is 0.253 e. The van der Waals surface area contributed by atoms with Crippen LogP contribution in [0.15, 0.2) is 24.3 Å². The Bertz CT molecular complexity index is 601. The number of carbonyl (C=O) groups excluding carboxylic acids is 1. The van der Waals surface area contributed by atoms with E-state index >= 15 is 0 Å². The lowest BCUT2D eigenvalue weighted by Gasteiger charge is -2.40. The Morgan fingerprint density at radius 2 is 1.74 bits per heavy atom. The van der Waals surface area contributed by atoms with E-state index in [1.165, 1.54) is 0 Å². The summed E-state index contributed by atoms with van der Waals surface area (Å²) in [6.07, 6.45) is 4.49. The minimum Gasteiger partial charge on any atom is -0.491 e. The van der Waals surface area contributed by atoms with Crippen LogP contribution >= 0.6 is 0 Å². The van der Waals surface area contributed by atoms with Gasteiger partial charge in [0.25, 0.3) is 5.91 Å². The van der Waals surface area contributed by atoms with Crippen molar-refractivity contribution in [1.29, 1.82) is 0 Å². The van der Waals surface area contributed by atoms with Gasteiger partial charge in [0.1, 0.15) is 12.4 Å². The molecule has 0 bridgehead atoms. The van der Waals surface area contributed by atoms with Crippen molar-refractivity contribution in [2.45, 2.75) is 37.8 Å². The van der Waals surface area contributed by atoms with Crippen molar-refractivity contribution in [2.75, 3.05) is 52.6 Å². The maximum atomic E-state index is 12.8. The summed E-state index contributed by atoms with van der Waals surface area (Å²) in [4.78, 5) is 17.3. The van der Waals surface area contributed by atoms with E-state index in [0.29, 0.717) is 12.6 Å². The van der Waals surface area contributed by atoms with E-state index < -0.39 is 0 Å². The number of hydrogen-bond donors (Lipinski definition) is 0. The van der Waals surface area contributed by atoms with E-state index in [0.717, 1.165) is 83.0 Å². The summed E-state index contributed by atoms with van der Waals surface area (Å²) in [6.45, 7) is 6.79. The maximum Gasteiger partial charge on any atom is 0.253 e. The lowest BCUT2D eigenvalue weighted by Crippen LogP contribution is -2.50. The van der Waals surface area contributed by atoms with Crippen molar-refractivity contribution in [3.8, 4) is 5.75 Å². The number of likely N-dealkylation sites (tertiary alicyclic amines) is 1. The van der Waals surface area contributed by atoms with Crippen molar-refractivity contribution in [1.82, 2.24) is 9.80 Å². The number of benzene rings is 1. The first-order chi connectivity index (χ1) is 13.3. The molecule has 0 radical (unpaired) electrons. The molecule has 3 aliphatic rings. The molecule has 3 aliphatic heterocycles. The van der Waals surface area contributed by atoms with Gasteiger partial charge in [-0.25, -0.2) is 0 Å². The molecule has 27 heavy (non-hydrogen) atoms. The van der Waals surface area contributed by atoms with Gasteiger partial charge in [0, 0.05) is 44.4 Å². The predicted octanol–water partition coefficient (Wildman–Crippen LogP) is 2.18. The fourth-order valence-electron chi connectivity index (χ4n) is 4.22. The second kappa shape index (κ2) is 9.04. The second-order valence-electron chi connectivity index (χ2n) is 7.64. The molecule has 0 aromatic heterocycles. The number of amides is 1. The van der Waals surface area contributed by atoms with E-state index in [1.54, 1.807) is 0 Å². The van der Waals surface area contributed by atoms with E-state index in [1.807, 2.05) is 29.2 Å². The summed E-state index contributed by atoms with van der Waals surface area (Å²) in [6, 6.07) is 8.12. The number of piperidine rings is 1. The number of nitrogens with zero attached hydrogens (tertiary/aromatic N) is 2. The minimum atomic E-state index is 0.126. The largest absolute Gasteiger partial charge is 0.491 e. The molecule has 0 spiro atoms. The summed E-state index contributed by atoms with van der Waals surface area (Å²) in [5.74, 6) is 0.925. The average Bonchev–Trinajstić information content (AvgIpc) is 3.27. The van der Waals surface area contributed by atoms with Gasteiger partial charge in [-0.2, -0.15) is 0 Å². The number of carbonyl (C=O) groups is 1. The van der Waals surface area contributed by atoms with Crippen molar-refractivity contribution in [2.24, 2.45) is 0 Å². The predicted molar refractivity (Wildman–Crippen MR) is 102 cm³/mol. The van der Waals surface area contributed by atoms with Gasteiger partial charge in [-0.05, 0) is 49.9 Å². The third-order valence-electron chi connectivity index (χ3n) is 5.87. The summed E-state index contributed by atoms with van der Waals surface area (Å²) in [5.41, 5.74) is 0.740. The number of rotatable bonds is 5. The Hall–Kier alpha value is -1.63. The van der Waals surface area contributed by atoms with Gasteiger partial charge in [-0.1, -0.05) is 0 Å². The molecule has 1 aromatic carbocycles. The fraction of sp³-hybridized carbons (Fsp3) is 0.667. The van der Waals surface area contributed by atoms with Crippen LogP contribution in [0.5, 0.6) is 5.75 Å². The Kier molecular flexibility index (Phi) is 6.27. The average molecular weight is 374 g/mol. The Morgan fingerprint density at radius 1 is 1.00 bits per heavy atom. The van der Waals surface area contributed by atoms with Crippen LogP contribution < -0.4 is 4.74 Å². The maximum absolute atomic E-state index is 12.8. The molecular formula is C21H30N2O4. The van der Waals surface area contributed by atoms with Gasteiger partial charge in [0.05, 0.1) is 19.3 Å². The Labute approximate surface area is 161 Å². The highest BCUT2D eigenvalue weighted by Gasteiger charge is 2.28. The third-order valence-corrected chi connectivity index (χ3v) is 5.87. The number of ether oxygens (including phenoxy) is 3. The molecule has 3 heterocycles. The monoisotopic (exact) mass is 374 g/mol. The van der Waals surface area contributed by atoms with Crippen LogP contribution in [0, 0.1) is 0 Å². The molecule has 0 N–H and O–H groups in total. The van der Waals surface area contributed by atoms with E-state index in [-0.39, 0.29) is 12.0 Å². The van der Waals surface area contributed by atoms with Crippen LogP contribution in [0.1, 0.15) is 36.0 Å². The first kappa shape index (κ1) is 18.7. The molecule has 0 saturated carbocycles. The van der Waals surface area contributed by atoms with Crippen LogP contribution in [0.3, 0.4) is 0 Å². The van der Waals surface area contributed by atoms with Crippen molar-refractivity contribution < 1.29 is 19.0 Å². The first-order valence-corrected chi connectivity index (χ1v) is 10.2. The molecule has 6 nitrogen and oxygen atoms in total. The van der Waals surface area contributed by atoms with Gasteiger partial charge in [-0.15, -0.1) is 0 Å². The van der Waals surface area contributed by atoms with Crippen molar-refractivity contribution in [3.63, 3.8) is 0 Å². The molecule has 1 unspecified atom stereocenters. The summed E-state index contributed by atoms with van der Waals surface area (Å²) in [7, 11) is 0. The molecule has 1 amide bonds. The molecule has 3 saturated heterocycles. The Morgan fingerprint density at radius 3 is 2.41 bits per heavy atom. The third kappa shape index (κ3) is 4.81. The quantitative estimate of drug-likeness (QED) is 0.791. The summed E-state index contributed by atoms with van der Waals surface area (Å²) in [5, 5.41) is 0. The van der Waals surface area contributed by atoms with Crippen LogP contribution in [0.4, 0.5) is 0 Å². The molecule has 3 fully saturated rings. The summed E-state index contributed by atoms with van der Waals surface area (Å²) < 4.78 is 16.8. The molecule has 148 valence electrons. The summed E-state index contributed by atoms with van der Waals surface area (Å²) >= 11 is 0. The topological polar surface area (TPSA) is 51.2 Å². The van der Waals surface area contributed by atoms with Gasteiger partial charge < -0.3 is 19.1 Å². The van der Waals surface area contributed by atoms with Gasteiger partial charge in [0.2, 0.25) is 0 Å². The molecule has 1 atom stereocenters. The Balaban J connectivity index is 1.25. The molecule has 4 rings (SSSR count). The second-order valence-corrected chi connectivity index (χ2v) is 7.64. The van der Waals surface area contributed by atoms with Gasteiger partial charge in [-0.3, -0.25) is 9.69 Å². The van der Waals surface area contributed by atoms with E-state index in [2.05, 4.69) is 4.90 Å².